The molecule has 2 amide bonds. The lowest BCUT2D eigenvalue weighted by atomic mass is 10.1. The lowest BCUT2D eigenvalue weighted by Crippen LogP contribution is -2.49. The number of rotatable bonds is 12. The van der Waals surface area contributed by atoms with Crippen LogP contribution in [0.5, 0.6) is 0 Å². The van der Waals surface area contributed by atoms with E-state index in [4.69, 9.17) is 11.6 Å². The minimum atomic E-state index is -3.60. The van der Waals surface area contributed by atoms with Gasteiger partial charge in [-0.2, -0.15) is 0 Å². The average Bonchev–Trinajstić information content (AvgIpc) is 2.77. The Morgan fingerprint density at radius 1 is 1.12 bits per heavy atom. The maximum atomic E-state index is 13.3. The van der Waals surface area contributed by atoms with Crippen LogP contribution in [0.25, 0.3) is 0 Å². The Labute approximate surface area is 205 Å². The summed E-state index contributed by atoms with van der Waals surface area (Å²) in [6.07, 6.45) is 1.77. The summed E-state index contributed by atoms with van der Waals surface area (Å²) in [6, 6.07) is 11.6. The van der Waals surface area contributed by atoms with Gasteiger partial charge in [0.25, 0.3) is 0 Å². The molecule has 186 valence electrons. The minimum Gasteiger partial charge on any atom is -0.355 e. The lowest BCUT2D eigenvalue weighted by molar-refractivity contribution is -0.141. The molecule has 0 saturated heterocycles. The molecule has 0 bridgehead atoms. The largest absolute Gasteiger partial charge is 0.355 e. The molecule has 10 heteroatoms. The van der Waals surface area contributed by atoms with Crippen molar-refractivity contribution in [2.45, 2.75) is 45.7 Å². The molecule has 2 aromatic rings. The van der Waals surface area contributed by atoms with Crippen molar-refractivity contribution in [2.24, 2.45) is 0 Å². The molecule has 1 N–H and O–H groups in total. The van der Waals surface area contributed by atoms with Crippen molar-refractivity contribution in [3.8, 4) is 0 Å². The number of carbonyl (C=O) groups excluding carboxylic acids is 2. The number of likely N-dealkylation sites (N-methyl/N-ethyl adjacent to an activating group) is 1. The van der Waals surface area contributed by atoms with E-state index in [0.29, 0.717) is 29.2 Å². The SMILES string of the molecule is CCNC(=O)[C@@H](CC)N(Cc1ccc(F)cc1)C(=O)CCCN(c1cccc(Cl)c1)S(C)(=O)=O. The highest BCUT2D eigenvalue weighted by atomic mass is 35.5. The van der Waals surface area contributed by atoms with E-state index in [0.717, 1.165) is 6.26 Å². The van der Waals surface area contributed by atoms with E-state index in [9.17, 15) is 22.4 Å². The van der Waals surface area contributed by atoms with Gasteiger partial charge in [0.1, 0.15) is 11.9 Å². The van der Waals surface area contributed by atoms with Crippen LogP contribution in [-0.4, -0.2) is 50.5 Å². The van der Waals surface area contributed by atoms with Crippen molar-refractivity contribution in [1.82, 2.24) is 10.2 Å². The van der Waals surface area contributed by atoms with Crippen LogP contribution in [0.4, 0.5) is 10.1 Å². The van der Waals surface area contributed by atoms with Gasteiger partial charge in [-0.3, -0.25) is 13.9 Å². The highest BCUT2D eigenvalue weighted by Crippen LogP contribution is 2.23. The summed E-state index contributed by atoms with van der Waals surface area (Å²) >= 11 is 6.01. The molecule has 0 heterocycles. The maximum absolute atomic E-state index is 13.3. The number of halogens is 2. The third-order valence-corrected chi connectivity index (χ3v) is 6.68. The molecule has 7 nitrogen and oxygen atoms in total. The van der Waals surface area contributed by atoms with Crippen LogP contribution >= 0.6 is 11.6 Å². The molecule has 0 radical (unpaired) electrons. The van der Waals surface area contributed by atoms with Crippen molar-refractivity contribution >= 4 is 39.1 Å². The minimum absolute atomic E-state index is 0.0314. The summed E-state index contributed by atoms with van der Waals surface area (Å²) < 4.78 is 39.2. The van der Waals surface area contributed by atoms with Gasteiger partial charge in [0.15, 0.2) is 0 Å². The van der Waals surface area contributed by atoms with E-state index in [1.54, 1.807) is 43.3 Å². The number of sulfonamides is 1. The first-order valence-electron chi connectivity index (χ1n) is 11.1. The summed E-state index contributed by atoms with van der Waals surface area (Å²) in [5.74, 6) is -0.946. The standard InChI is InChI=1S/C24H31ClFN3O4S/c1-4-22(24(31)27-5-2)28(17-18-11-13-20(26)14-12-18)23(30)10-7-15-29(34(3,32)33)21-9-6-8-19(25)16-21/h6,8-9,11-14,16,22H,4-5,7,10,15,17H2,1-3H3,(H,27,31)/t22-/m1/s1. The highest BCUT2D eigenvalue weighted by molar-refractivity contribution is 7.92. The van der Waals surface area contributed by atoms with Crippen LogP contribution in [0.3, 0.4) is 0 Å². The van der Waals surface area contributed by atoms with E-state index in [1.165, 1.54) is 21.3 Å². The molecule has 0 aliphatic rings. The Hall–Kier alpha value is -2.65. The first-order chi connectivity index (χ1) is 16.1. The number of nitrogens with one attached hydrogen (secondary N) is 1. The summed E-state index contributed by atoms with van der Waals surface area (Å²) in [7, 11) is -3.60. The first-order valence-corrected chi connectivity index (χ1v) is 13.3. The van der Waals surface area contributed by atoms with E-state index in [2.05, 4.69) is 5.32 Å². The Bertz CT molecular complexity index is 1080. The molecule has 0 spiro atoms. The molecular weight excluding hydrogens is 481 g/mol. The van der Waals surface area contributed by atoms with Crippen LogP contribution < -0.4 is 9.62 Å². The molecular formula is C24H31ClFN3O4S. The van der Waals surface area contributed by atoms with Crippen LogP contribution in [0.2, 0.25) is 5.02 Å². The predicted molar refractivity (Wildman–Crippen MR) is 133 cm³/mol. The fourth-order valence-electron chi connectivity index (χ4n) is 3.63. The Kier molecular flexibility index (Phi) is 10.3. The van der Waals surface area contributed by atoms with Gasteiger partial charge in [-0.25, -0.2) is 12.8 Å². The summed E-state index contributed by atoms with van der Waals surface area (Å²) in [5.41, 5.74) is 1.11. The van der Waals surface area contributed by atoms with Gasteiger partial charge in [0.05, 0.1) is 11.9 Å². The molecule has 2 aromatic carbocycles. The fraction of sp³-hybridized carbons (Fsp3) is 0.417. The third-order valence-electron chi connectivity index (χ3n) is 5.25. The van der Waals surface area contributed by atoms with Crippen molar-refractivity contribution in [3.05, 3.63) is 64.9 Å². The van der Waals surface area contributed by atoms with E-state index < -0.39 is 16.1 Å². The number of nitrogens with zero attached hydrogens (tertiary/aromatic N) is 2. The Morgan fingerprint density at radius 2 is 1.79 bits per heavy atom. The number of amides is 2. The number of hydrogen-bond donors (Lipinski definition) is 1. The first kappa shape index (κ1) is 27.6. The van der Waals surface area contributed by atoms with Crippen LogP contribution in [0.1, 0.15) is 38.7 Å². The molecule has 2 rings (SSSR count). The van der Waals surface area contributed by atoms with E-state index in [1.807, 2.05) is 6.92 Å². The normalized spacial score (nSPS) is 12.1. The zero-order valence-electron chi connectivity index (χ0n) is 19.6. The molecule has 0 unspecified atom stereocenters. The Balaban J connectivity index is 2.19. The second kappa shape index (κ2) is 12.7. The van der Waals surface area contributed by atoms with Gasteiger partial charge < -0.3 is 10.2 Å². The summed E-state index contributed by atoms with van der Waals surface area (Å²) in [5, 5.41) is 3.16. The van der Waals surface area contributed by atoms with Gasteiger partial charge >= 0.3 is 0 Å². The quantitative estimate of drug-likeness (QED) is 0.467. The zero-order valence-corrected chi connectivity index (χ0v) is 21.2. The lowest BCUT2D eigenvalue weighted by Gasteiger charge is -2.31. The summed E-state index contributed by atoms with van der Waals surface area (Å²) in [6.45, 7) is 4.25. The highest BCUT2D eigenvalue weighted by Gasteiger charge is 2.28. The van der Waals surface area contributed by atoms with Gasteiger partial charge in [-0.05, 0) is 55.7 Å². The molecule has 34 heavy (non-hydrogen) atoms. The third kappa shape index (κ3) is 7.99. The second-order valence-electron chi connectivity index (χ2n) is 7.89. The topological polar surface area (TPSA) is 86.8 Å². The van der Waals surface area contributed by atoms with Crippen molar-refractivity contribution in [2.75, 3.05) is 23.7 Å². The van der Waals surface area contributed by atoms with Gasteiger partial charge in [0, 0.05) is 31.1 Å². The smallest absolute Gasteiger partial charge is 0.242 e. The van der Waals surface area contributed by atoms with Crippen molar-refractivity contribution in [1.29, 1.82) is 0 Å². The molecule has 0 aromatic heterocycles. The summed E-state index contributed by atoms with van der Waals surface area (Å²) in [4.78, 5) is 27.3. The van der Waals surface area contributed by atoms with Gasteiger partial charge in [0.2, 0.25) is 21.8 Å². The number of anilines is 1. The average molecular weight is 512 g/mol. The van der Waals surface area contributed by atoms with Crippen molar-refractivity contribution in [3.63, 3.8) is 0 Å². The number of carbonyl (C=O) groups is 2. The molecule has 0 saturated carbocycles. The molecule has 0 fully saturated rings. The van der Waals surface area contributed by atoms with Crippen LogP contribution in [0.15, 0.2) is 48.5 Å². The second-order valence-corrected chi connectivity index (χ2v) is 10.2. The Morgan fingerprint density at radius 3 is 2.35 bits per heavy atom. The molecule has 0 aliphatic carbocycles. The van der Waals surface area contributed by atoms with Gasteiger partial charge in [-0.1, -0.05) is 36.7 Å². The van der Waals surface area contributed by atoms with E-state index in [-0.39, 0.29) is 43.6 Å². The van der Waals surface area contributed by atoms with Crippen molar-refractivity contribution < 1.29 is 22.4 Å². The number of benzene rings is 2. The van der Waals surface area contributed by atoms with E-state index >= 15 is 0 Å². The molecule has 0 aliphatic heterocycles. The zero-order chi connectivity index (χ0) is 25.3. The number of hydrogen-bond acceptors (Lipinski definition) is 4. The predicted octanol–water partition coefficient (Wildman–Crippen LogP) is 3.97. The van der Waals surface area contributed by atoms with Gasteiger partial charge in [-0.15, -0.1) is 0 Å². The monoisotopic (exact) mass is 511 g/mol. The van der Waals surface area contributed by atoms with Crippen LogP contribution in [0, 0.1) is 5.82 Å². The maximum Gasteiger partial charge on any atom is 0.242 e. The molecule has 1 atom stereocenters. The fourth-order valence-corrected chi connectivity index (χ4v) is 4.77. The van der Waals surface area contributed by atoms with Crippen LogP contribution in [-0.2, 0) is 26.2 Å².